The zero-order valence-electron chi connectivity index (χ0n) is 14.2. The fourth-order valence-corrected chi connectivity index (χ4v) is 2.93. The van der Waals surface area contributed by atoms with Crippen LogP contribution in [0.3, 0.4) is 0 Å². The Morgan fingerprint density at radius 2 is 1.50 bits per heavy atom. The van der Waals surface area contributed by atoms with Gasteiger partial charge in [-0.05, 0) is 30.3 Å². The lowest BCUT2D eigenvalue weighted by Gasteiger charge is -2.34. The van der Waals surface area contributed by atoms with Crippen molar-refractivity contribution in [1.29, 1.82) is 0 Å². The first-order valence-electron chi connectivity index (χ1n) is 8.50. The Kier molecular flexibility index (Phi) is 4.51. The van der Waals surface area contributed by atoms with Gasteiger partial charge in [0, 0.05) is 51.0 Å². The van der Waals surface area contributed by atoms with Crippen molar-refractivity contribution in [3.63, 3.8) is 0 Å². The van der Waals surface area contributed by atoms with E-state index in [1.165, 1.54) is 0 Å². The lowest BCUT2D eigenvalue weighted by Crippen LogP contribution is -2.49. The third-order valence-corrected chi connectivity index (χ3v) is 4.34. The number of carbonyl (C=O) groups excluding carboxylic acids is 1. The van der Waals surface area contributed by atoms with Crippen LogP contribution in [0.1, 0.15) is 10.4 Å². The number of amides is 1. The molecule has 0 aromatic carbocycles. The largest absolute Gasteiger partial charge is 0.337 e. The molecule has 0 saturated carbocycles. The van der Waals surface area contributed by atoms with Gasteiger partial charge in [0.05, 0.1) is 17.0 Å². The molecule has 4 heterocycles. The van der Waals surface area contributed by atoms with Gasteiger partial charge in [0.1, 0.15) is 0 Å². The fraction of sp³-hybridized carbons (Fsp3) is 0.211. The summed E-state index contributed by atoms with van der Waals surface area (Å²) in [4.78, 5) is 33.8. The Morgan fingerprint density at radius 1 is 0.769 bits per heavy atom. The third kappa shape index (κ3) is 3.37. The number of hydrogen-bond donors (Lipinski definition) is 0. The van der Waals surface area contributed by atoms with Gasteiger partial charge in [0.25, 0.3) is 5.91 Å². The molecule has 1 fully saturated rings. The van der Waals surface area contributed by atoms with E-state index in [4.69, 9.17) is 0 Å². The number of pyridine rings is 2. The van der Waals surface area contributed by atoms with Crippen molar-refractivity contribution in [2.24, 2.45) is 0 Å². The van der Waals surface area contributed by atoms with E-state index in [1.54, 1.807) is 30.9 Å². The zero-order valence-corrected chi connectivity index (χ0v) is 14.2. The van der Waals surface area contributed by atoms with Crippen LogP contribution in [-0.4, -0.2) is 56.9 Å². The van der Waals surface area contributed by atoms with E-state index in [9.17, 15) is 4.79 Å². The molecule has 4 rings (SSSR count). The molecule has 0 atom stereocenters. The summed E-state index contributed by atoms with van der Waals surface area (Å²) in [5.41, 5.74) is 2.14. The first-order valence-corrected chi connectivity index (χ1v) is 8.50. The van der Waals surface area contributed by atoms with Crippen LogP contribution in [0.5, 0.6) is 0 Å². The van der Waals surface area contributed by atoms with Crippen LogP contribution in [0.4, 0.5) is 5.95 Å². The minimum Gasteiger partial charge on any atom is -0.337 e. The maximum Gasteiger partial charge on any atom is 0.255 e. The van der Waals surface area contributed by atoms with E-state index in [0.717, 1.165) is 24.5 Å². The average Bonchev–Trinajstić information content (AvgIpc) is 2.75. The molecule has 1 saturated heterocycles. The zero-order chi connectivity index (χ0) is 17.8. The van der Waals surface area contributed by atoms with Gasteiger partial charge >= 0.3 is 0 Å². The Bertz CT molecular complexity index is 862. The highest BCUT2D eigenvalue weighted by Crippen LogP contribution is 2.16. The van der Waals surface area contributed by atoms with E-state index < -0.39 is 0 Å². The van der Waals surface area contributed by atoms with Gasteiger partial charge in [-0.25, -0.2) is 9.97 Å². The highest BCUT2D eigenvalue weighted by Gasteiger charge is 2.23. The minimum absolute atomic E-state index is 0.00120. The van der Waals surface area contributed by atoms with Crippen molar-refractivity contribution >= 4 is 11.9 Å². The summed E-state index contributed by atoms with van der Waals surface area (Å²) < 4.78 is 0. The molecule has 0 spiro atoms. The highest BCUT2D eigenvalue weighted by molar-refractivity contribution is 5.94. The summed E-state index contributed by atoms with van der Waals surface area (Å²) in [6.07, 6.45) is 6.81. The predicted molar refractivity (Wildman–Crippen MR) is 97.6 cm³/mol. The SMILES string of the molecule is O=C(c1ccc(-c2ccccn2)nc1)N1CCN(c2ncccn2)CC1. The van der Waals surface area contributed by atoms with Crippen molar-refractivity contribution in [2.45, 2.75) is 0 Å². The number of aromatic nitrogens is 4. The van der Waals surface area contributed by atoms with E-state index in [0.29, 0.717) is 24.6 Å². The summed E-state index contributed by atoms with van der Waals surface area (Å²) in [6, 6.07) is 11.1. The van der Waals surface area contributed by atoms with Gasteiger partial charge in [-0.2, -0.15) is 0 Å². The standard InChI is InChI=1S/C19H18N6O/c26-18(15-5-6-17(23-14-15)16-4-1-2-7-20-16)24-10-12-25(13-11-24)19-21-8-3-9-22-19/h1-9,14H,10-13H2. The van der Waals surface area contributed by atoms with Crippen molar-refractivity contribution in [3.05, 3.63) is 66.7 Å². The Hall–Kier alpha value is -3.35. The molecule has 7 heteroatoms. The second-order valence-corrected chi connectivity index (χ2v) is 5.98. The summed E-state index contributed by atoms with van der Waals surface area (Å²) in [7, 11) is 0. The van der Waals surface area contributed by atoms with Gasteiger partial charge in [-0.3, -0.25) is 14.8 Å². The lowest BCUT2D eigenvalue weighted by molar-refractivity contribution is 0.0746. The van der Waals surface area contributed by atoms with Crippen molar-refractivity contribution in [3.8, 4) is 11.4 Å². The summed E-state index contributed by atoms with van der Waals surface area (Å²) in [6.45, 7) is 2.71. The molecule has 0 bridgehead atoms. The normalized spacial score (nSPS) is 14.3. The van der Waals surface area contributed by atoms with Gasteiger partial charge in [0.15, 0.2) is 0 Å². The van der Waals surface area contributed by atoms with E-state index >= 15 is 0 Å². The predicted octanol–water partition coefficient (Wildman–Crippen LogP) is 1.90. The Morgan fingerprint density at radius 3 is 2.15 bits per heavy atom. The van der Waals surface area contributed by atoms with Crippen molar-refractivity contribution in [2.75, 3.05) is 31.1 Å². The molecule has 0 unspecified atom stereocenters. The second-order valence-electron chi connectivity index (χ2n) is 5.98. The summed E-state index contributed by atoms with van der Waals surface area (Å²) >= 11 is 0. The minimum atomic E-state index is -0.00120. The van der Waals surface area contributed by atoms with E-state index in [-0.39, 0.29) is 5.91 Å². The number of piperazine rings is 1. The van der Waals surface area contributed by atoms with Crippen molar-refractivity contribution < 1.29 is 4.79 Å². The smallest absolute Gasteiger partial charge is 0.255 e. The topological polar surface area (TPSA) is 75.1 Å². The molecule has 7 nitrogen and oxygen atoms in total. The highest BCUT2D eigenvalue weighted by atomic mass is 16.2. The van der Waals surface area contributed by atoms with E-state index in [1.807, 2.05) is 35.2 Å². The summed E-state index contributed by atoms with van der Waals surface area (Å²) in [5, 5.41) is 0. The quantitative estimate of drug-likeness (QED) is 0.721. The number of carbonyl (C=O) groups is 1. The van der Waals surface area contributed by atoms with Crippen molar-refractivity contribution in [1.82, 2.24) is 24.8 Å². The maximum atomic E-state index is 12.7. The molecule has 1 aliphatic rings. The monoisotopic (exact) mass is 346 g/mol. The molecule has 1 aliphatic heterocycles. The second kappa shape index (κ2) is 7.26. The summed E-state index contributed by atoms with van der Waals surface area (Å²) in [5.74, 6) is 0.708. The van der Waals surface area contributed by atoms with Crippen LogP contribution in [0.15, 0.2) is 61.2 Å². The van der Waals surface area contributed by atoms with Crippen LogP contribution in [-0.2, 0) is 0 Å². The number of nitrogens with zero attached hydrogens (tertiary/aromatic N) is 6. The van der Waals surface area contributed by atoms with Crippen LogP contribution < -0.4 is 4.90 Å². The molecular formula is C19H18N6O. The van der Waals surface area contributed by atoms with E-state index in [2.05, 4.69) is 24.8 Å². The molecule has 0 N–H and O–H groups in total. The first kappa shape index (κ1) is 16.1. The molecule has 0 radical (unpaired) electrons. The maximum absolute atomic E-state index is 12.7. The number of hydrogen-bond acceptors (Lipinski definition) is 6. The van der Waals surface area contributed by atoms with Gasteiger partial charge in [-0.1, -0.05) is 6.07 Å². The third-order valence-electron chi connectivity index (χ3n) is 4.34. The average molecular weight is 346 g/mol. The number of rotatable bonds is 3. The van der Waals surface area contributed by atoms with Gasteiger partial charge in [-0.15, -0.1) is 0 Å². The molecule has 1 amide bonds. The molecule has 130 valence electrons. The molecular weight excluding hydrogens is 328 g/mol. The lowest BCUT2D eigenvalue weighted by atomic mass is 10.2. The van der Waals surface area contributed by atoms with Crippen LogP contribution in [0.25, 0.3) is 11.4 Å². The molecule has 3 aromatic rings. The molecule has 0 aliphatic carbocycles. The van der Waals surface area contributed by atoms with Crippen LogP contribution >= 0.6 is 0 Å². The first-order chi connectivity index (χ1) is 12.8. The Labute approximate surface area is 151 Å². The van der Waals surface area contributed by atoms with Gasteiger partial charge in [0.2, 0.25) is 5.95 Å². The van der Waals surface area contributed by atoms with Gasteiger partial charge < -0.3 is 9.80 Å². The molecule has 26 heavy (non-hydrogen) atoms. The van der Waals surface area contributed by atoms with Crippen LogP contribution in [0, 0.1) is 0 Å². The number of anilines is 1. The molecule has 3 aromatic heterocycles. The Balaban J connectivity index is 1.41. The fourth-order valence-electron chi connectivity index (χ4n) is 2.93. The van der Waals surface area contributed by atoms with Crippen LogP contribution in [0.2, 0.25) is 0 Å².